The highest BCUT2D eigenvalue weighted by atomic mass is 19.4. The largest absolute Gasteiger partial charge is 0.493 e. The number of hydrogen-bond acceptors (Lipinski definition) is 3. The Morgan fingerprint density at radius 2 is 2.04 bits per heavy atom. The van der Waals surface area contributed by atoms with Crippen molar-refractivity contribution in [2.75, 3.05) is 33.3 Å². The summed E-state index contributed by atoms with van der Waals surface area (Å²) < 4.78 is 54.6. The van der Waals surface area contributed by atoms with E-state index in [9.17, 15) is 22.4 Å². The average molecular weight is 350 g/mol. The molecule has 24 heavy (non-hydrogen) atoms. The molecule has 1 amide bonds. The van der Waals surface area contributed by atoms with Crippen LogP contribution in [0, 0.1) is 5.82 Å². The minimum atomic E-state index is -4.21. The molecular weight excluding hydrogens is 328 g/mol. The van der Waals surface area contributed by atoms with Crippen molar-refractivity contribution in [1.29, 1.82) is 0 Å². The van der Waals surface area contributed by atoms with Crippen LogP contribution in [-0.2, 0) is 4.79 Å². The van der Waals surface area contributed by atoms with Gasteiger partial charge >= 0.3 is 6.18 Å². The SMILES string of the molecule is CN(CCCNC(=O)CCCOc1cccc(F)c1)CC(F)(F)F. The molecule has 0 aliphatic carbocycles. The van der Waals surface area contributed by atoms with Crippen LogP contribution in [0.5, 0.6) is 5.75 Å². The molecule has 0 aliphatic heterocycles. The van der Waals surface area contributed by atoms with E-state index in [2.05, 4.69) is 5.32 Å². The van der Waals surface area contributed by atoms with Gasteiger partial charge < -0.3 is 10.1 Å². The third-order valence-corrected chi connectivity index (χ3v) is 3.10. The highest BCUT2D eigenvalue weighted by molar-refractivity contribution is 5.75. The molecule has 0 aliphatic rings. The lowest BCUT2D eigenvalue weighted by Gasteiger charge is -2.18. The Labute approximate surface area is 138 Å². The second-order valence-electron chi connectivity index (χ2n) is 5.47. The second kappa shape index (κ2) is 10.1. The van der Waals surface area contributed by atoms with Gasteiger partial charge in [-0.15, -0.1) is 0 Å². The lowest BCUT2D eigenvalue weighted by molar-refractivity contribution is -0.143. The topological polar surface area (TPSA) is 41.6 Å². The van der Waals surface area contributed by atoms with Gasteiger partial charge in [0.05, 0.1) is 13.2 Å². The van der Waals surface area contributed by atoms with E-state index in [1.165, 1.54) is 30.1 Å². The number of amides is 1. The van der Waals surface area contributed by atoms with E-state index in [0.29, 0.717) is 25.1 Å². The van der Waals surface area contributed by atoms with E-state index in [4.69, 9.17) is 4.74 Å². The van der Waals surface area contributed by atoms with Gasteiger partial charge in [0, 0.05) is 19.0 Å². The second-order valence-corrected chi connectivity index (χ2v) is 5.47. The van der Waals surface area contributed by atoms with Gasteiger partial charge in [-0.1, -0.05) is 6.07 Å². The fourth-order valence-corrected chi connectivity index (χ4v) is 2.03. The smallest absolute Gasteiger partial charge is 0.401 e. The highest BCUT2D eigenvalue weighted by Gasteiger charge is 2.28. The van der Waals surface area contributed by atoms with Crippen LogP contribution < -0.4 is 10.1 Å². The molecule has 8 heteroatoms. The van der Waals surface area contributed by atoms with Gasteiger partial charge in [0.1, 0.15) is 11.6 Å². The number of carbonyl (C=O) groups excluding carboxylic acids is 1. The molecule has 1 aromatic rings. The van der Waals surface area contributed by atoms with Crippen LogP contribution in [0.15, 0.2) is 24.3 Å². The van der Waals surface area contributed by atoms with Gasteiger partial charge in [0.15, 0.2) is 0 Å². The predicted octanol–water partition coefficient (Wildman–Crippen LogP) is 2.99. The summed E-state index contributed by atoms with van der Waals surface area (Å²) in [5.74, 6) is -0.167. The number of halogens is 4. The van der Waals surface area contributed by atoms with E-state index in [0.717, 1.165) is 0 Å². The molecule has 0 bridgehead atoms. The van der Waals surface area contributed by atoms with Gasteiger partial charge in [-0.05, 0) is 38.6 Å². The fraction of sp³-hybridized carbons (Fsp3) is 0.562. The summed E-state index contributed by atoms with van der Waals surface area (Å²) in [5.41, 5.74) is 0. The summed E-state index contributed by atoms with van der Waals surface area (Å²) in [7, 11) is 1.39. The van der Waals surface area contributed by atoms with Gasteiger partial charge in [-0.3, -0.25) is 9.69 Å². The summed E-state index contributed by atoms with van der Waals surface area (Å²) >= 11 is 0. The third kappa shape index (κ3) is 10.0. The van der Waals surface area contributed by atoms with Crippen molar-refractivity contribution in [3.05, 3.63) is 30.1 Å². The third-order valence-electron chi connectivity index (χ3n) is 3.10. The van der Waals surface area contributed by atoms with Crippen LogP contribution in [0.4, 0.5) is 17.6 Å². The molecule has 0 spiro atoms. The van der Waals surface area contributed by atoms with Crippen molar-refractivity contribution < 1.29 is 27.1 Å². The molecular formula is C16H22F4N2O2. The molecule has 1 N–H and O–H groups in total. The summed E-state index contributed by atoms with van der Waals surface area (Å²) in [5, 5.41) is 2.65. The number of nitrogens with one attached hydrogen (secondary N) is 1. The van der Waals surface area contributed by atoms with Crippen molar-refractivity contribution in [1.82, 2.24) is 10.2 Å². The van der Waals surface area contributed by atoms with E-state index < -0.39 is 12.7 Å². The maximum absolute atomic E-state index is 12.9. The van der Waals surface area contributed by atoms with Gasteiger partial charge in [0.25, 0.3) is 0 Å². The number of alkyl halides is 3. The zero-order valence-electron chi connectivity index (χ0n) is 13.5. The lowest BCUT2D eigenvalue weighted by Crippen LogP contribution is -2.33. The Kier molecular flexibility index (Phi) is 8.53. The van der Waals surface area contributed by atoms with Crippen molar-refractivity contribution >= 4 is 5.91 Å². The average Bonchev–Trinajstić information content (AvgIpc) is 2.46. The standard InChI is InChI=1S/C16H22F4N2O2/c1-22(12-16(18,19)20)9-4-8-21-15(23)7-3-10-24-14-6-2-5-13(17)11-14/h2,5-6,11H,3-4,7-10,12H2,1H3,(H,21,23). The van der Waals surface area contributed by atoms with Crippen LogP contribution in [0.1, 0.15) is 19.3 Å². The molecule has 0 radical (unpaired) electrons. The van der Waals surface area contributed by atoms with Crippen LogP contribution >= 0.6 is 0 Å². The van der Waals surface area contributed by atoms with Crippen LogP contribution in [0.2, 0.25) is 0 Å². The number of benzene rings is 1. The predicted molar refractivity (Wildman–Crippen MR) is 82.3 cm³/mol. The molecule has 0 unspecified atom stereocenters. The van der Waals surface area contributed by atoms with E-state index >= 15 is 0 Å². The van der Waals surface area contributed by atoms with E-state index in [-0.39, 0.29) is 31.3 Å². The van der Waals surface area contributed by atoms with Crippen molar-refractivity contribution in [2.24, 2.45) is 0 Å². The minimum Gasteiger partial charge on any atom is -0.493 e. The molecule has 0 saturated carbocycles. The zero-order chi connectivity index (χ0) is 18.0. The van der Waals surface area contributed by atoms with Crippen LogP contribution in [0.3, 0.4) is 0 Å². The molecule has 0 fully saturated rings. The Balaban J connectivity index is 2.04. The van der Waals surface area contributed by atoms with Gasteiger partial charge in [0.2, 0.25) is 5.91 Å². The fourth-order valence-electron chi connectivity index (χ4n) is 2.03. The molecule has 0 aromatic heterocycles. The van der Waals surface area contributed by atoms with Gasteiger partial charge in [-0.2, -0.15) is 13.2 Å². The van der Waals surface area contributed by atoms with Crippen molar-refractivity contribution in [3.63, 3.8) is 0 Å². The van der Waals surface area contributed by atoms with Gasteiger partial charge in [-0.25, -0.2) is 4.39 Å². The first-order chi connectivity index (χ1) is 11.3. The highest BCUT2D eigenvalue weighted by Crippen LogP contribution is 2.15. The first-order valence-electron chi connectivity index (χ1n) is 7.66. The van der Waals surface area contributed by atoms with Crippen molar-refractivity contribution in [2.45, 2.75) is 25.4 Å². The zero-order valence-corrected chi connectivity index (χ0v) is 13.5. The summed E-state index contributed by atoms with van der Waals surface area (Å²) in [6, 6.07) is 5.73. The summed E-state index contributed by atoms with van der Waals surface area (Å²) in [6.07, 6.45) is -3.05. The molecule has 1 aromatic carbocycles. The number of carbonyl (C=O) groups is 1. The number of ether oxygens (including phenoxy) is 1. The van der Waals surface area contributed by atoms with Crippen LogP contribution in [-0.4, -0.2) is 50.3 Å². The summed E-state index contributed by atoms with van der Waals surface area (Å²) in [4.78, 5) is 12.7. The monoisotopic (exact) mass is 350 g/mol. The van der Waals surface area contributed by atoms with E-state index in [1.807, 2.05) is 0 Å². The van der Waals surface area contributed by atoms with E-state index in [1.54, 1.807) is 6.07 Å². The van der Waals surface area contributed by atoms with Crippen LogP contribution in [0.25, 0.3) is 0 Å². The summed E-state index contributed by atoms with van der Waals surface area (Å²) in [6.45, 7) is -0.0994. The molecule has 1 rings (SSSR count). The lowest BCUT2D eigenvalue weighted by atomic mass is 10.3. The Morgan fingerprint density at radius 3 is 2.71 bits per heavy atom. The maximum Gasteiger partial charge on any atom is 0.401 e. The number of nitrogens with zero attached hydrogens (tertiary/aromatic N) is 1. The Bertz CT molecular complexity index is 509. The Hall–Kier alpha value is -1.83. The first kappa shape index (κ1) is 20.2. The molecule has 0 heterocycles. The number of hydrogen-bond donors (Lipinski definition) is 1. The quantitative estimate of drug-likeness (QED) is 0.521. The van der Waals surface area contributed by atoms with Crippen molar-refractivity contribution in [3.8, 4) is 5.75 Å². The molecule has 136 valence electrons. The Morgan fingerprint density at radius 1 is 1.29 bits per heavy atom. The molecule has 0 saturated heterocycles. The molecule has 0 atom stereocenters. The first-order valence-corrected chi connectivity index (χ1v) is 7.66. The number of rotatable bonds is 10. The normalized spacial score (nSPS) is 11.6. The molecule has 4 nitrogen and oxygen atoms in total. The minimum absolute atomic E-state index is 0.184. The maximum atomic E-state index is 12.9.